The first-order valence-corrected chi connectivity index (χ1v) is 45.5. The van der Waals surface area contributed by atoms with E-state index in [4.69, 9.17) is 0 Å². The molecule has 4 unspecified atom stereocenters. The number of nitrogens with zero attached hydrogens (tertiary/aromatic N) is 2. The molecule has 0 bridgehead atoms. The van der Waals surface area contributed by atoms with E-state index < -0.39 is 24.4 Å². The zero-order chi connectivity index (χ0) is 69.4. The van der Waals surface area contributed by atoms with Gasteiger partial charge in [0.1, 0.15) is 0 Å². The molecule has 0 aromatic rings. The van der Waals surface area contributed by atoms with Gasteiger partial charge in [-0.1, -0.05) is 490 Å². The Hall–Kier alpha value is -0.240. The van der Waals surface area contributed by atoms with Crippen LogP contribution in [0, 0.1) is 0 Å². The van der Waals surface area contributed by atoms with Crippen LogP contribution in [-0.4, -0.2) is 93.9 Å². The SMILES string of the molecule is CCCCCCCCCCCCCCCCCCCCC(O)CN(CCN(CC(O)CCCCCCCCCCCCCCCCCCCC)CC(O)CCCCCCCCCCCCCCCCCCCC)CC(O)CCCCCCCCCCCCCCCCCCCC. The van der Waals surface area contributed by atoms with E-state index in [2.05, 4.69) is 37.5 Å². The third-order valence-corrected chi connectivity index (χ3v) is 22.2. The predicted molar refractivity (Wildman–Crippen MR) is 430 cm³/mol. The average Bonchev–Trinajstić information content (AvgIpc) is 2.58. The lowest BCUT2D eigenvalue weighted by molar-refractivity contribution is 0.0345. The van der Waals surface area contributed by atoms with Gasteiger partial charge in [-0.05, 0) is 25.7 Å². The molecule has 96 heavy (non-hydrogen) atoms. The smallest absolute Gasteiger partial charge is 0.0667 e. The fourth-order valence-electron chi connectivity index (χ4n) is 15.5. The normalized spacial score (nSPS) is 13.3. The minimum atomic E-state index is -0.401. The maximum atomic E-state index is 11.6. The maximum Gasteiger partial charge on any atom is 0.0667 e. The first-order valence-electron chi connectivity index (χ1n) is 45.5. The summed E-state index contributed by atoms with van der Waals surface area (Å²) in [5.41, 5.74) is 0. The van der Waals surface area contributed by atoms with Crippen LogP contribution < -0.4 is 0 Å². The molecule has 4 N–H and O–H groups in total. The first-order chi connectivity index (χ1) is 47.4. The number of hydrogen-bond donors (Lipinski definition) is 4. The molecule has 578 valence electrons. The summed E-state index contributed by atoms with van der Waals surface area (Å²) in [4.78, 5) is 4.69. The van der Waals surface area contributed by atoms with Crippen molar-refractivity contribution in [2.75, 3.05) is 39.3 Å². The number of rotatable bonds is 87. The second-order valence-electron chi connectivity index (χ2n) is 32.3. The van der Waals surface area contributed by atoms with Crippen LogP contribution in [0.5, 0.6) is 0 Å². The van der Waals surface area contributed by atoms with Crippen LogP contribution in [0.3, 0.4) is 0 Å². The maximum absolute atomic E-state index is 11.6. The second kappa shape index (κ2) is 83.7. The molecule has 0 amide bonds. The molecule has 0 spiro atoms. The molecule has 0 aromatic carbocycles. The van der Waals surface area contributed by atoms with Crippen molar-refractivity contribution in [2.45, 2.75) is 540 Å². The van der Waals surface area contributed by atoms with Gasteiger partial charge in [0.25, 0.3) is 0 Å². The van der Waals surface area contributed by atoms with Gasteiger partial charge in [-0.15, -0.1) is 0 Å². The van der Waals surface area contributed by atoms with Crippen LogP contribution in [-0.2, 0) is 0 Å². The van der Waals surface area contributed by atoms with Crippen molar-refractivity contribution in [3.8, 4) is 0 Å². The fourth-order valence-corrected chi connectivity index (χ4v) is 15.5. The van der Waals surface area contributed by atoms with Gasteiger partial charge in [-0.3, -0.25) is 9.80 Å². The van der Waals surface area contributed by atoms with Gasteiger partial charge >= 0.3 is 0 Å². The predicted octanol–water partition coefficient (Wildman–Crippen LogP) is 28.8. The molecule has 0 aliphatic rings. The Kier molecular flexibility index (Phi) is 83.5. The summed E-state index contributed by atoms with van der Waals surface area (Å²) in [6.45, 7) is 13.1. The first kappa shape index (κ1) is 95.8. The van der Waals surface area contributed by atoms with Crippen molar-refractivity contribution in [3.05, 3.63) is 0 Å². The van der Waals surface area contributed by atoms with Gasteiger partial charge in [0.05, 0.1) is 24.4 Å². The van der Waals surface area contributed by atoms with E-state index in [0.717, 1.165) is 64.5 Å². The quantitative estimate of drug-likeness (QED) is 0.0454. The summed E-state index contributed by atoms with van der Waals surface area (Å²) < 4.78 is 0. The molecular formula is C90H184N2O4. The molecule has 4 atom stereocenters. The summed E-state index contributed by atoms with van der Waals surface area (Å²) in [6.07, 6.45) is 100. The lowest BCUT2D eigenvalue weighted by Crippen LogP contribution is -2.45. The molecule has 0 rings (SSSR count). The number of hydrogen-bond acceptors (Lipinski definition) is 6. The summed E-state index contributed by atoms with van der Waals surface area (Å²) >= 11 is 0. The largest absolute Gasteiger partial charge is 0.392 e. The van der Waals surface area contributed by atoms with Crippen molar-refractivity contribution in [3.63, 3.8) is 0 Å². The minimum absolute atomic E-state index is 0.401. The number of unbranched alkanes of at least 4 members (excludes halogenated alkanes) is 68. The molecule has 6 nitrogen and oxygen atoms in total. The summed E-state index contributed by atoms with van der Waals surface area (Å²) in [6, 6.07) is 0. The van der Waals surface area contributed by atoms with Gasteiger partial charge < -0.3 is 20.4 Å². The van der Waals surface area contributed by atoms with Crippen molar-refractivity contribution < 1.29 is 20.4 Å². The monoisotopic (exact) mass is 1360 g/mol. The van der Waals surface area contributed by atoms with Crippen molar-refractivity contribution in [2.24, 2.45) is 0 Å². The molecule has 0 fully saturated rings. The van der Waals surface area contributed by atoms with Gasteiger partial charge in [0.15, 0.2) is 0 Å². The highest BCUT2D eigenvalue weighted by atomic mass is 16.3. The Morgan fingerprint density at radius 2 is 0.240 bits per heavy atom. The summed E-state index contributed by atoms with van der Waals surface area (Å²) in [7, 11) is 0. The van der Waals surface area contributed by atoms with E-state index in [9.17, 15) is 20.4 Å². The van der Waals surface area contributed by atoms with Crippen LogP contribution in [0.25, 0.3) is 0 Å². The van der Waals surface area contributed by atoms with Gasteiger partial charge in [0, 0.05) is 39.3 Å². The van der Waals surface area contributed by atoms with Crippen LogP contribution in [0.1, 0.15) is 516 Å². The van der Waals surface area contributed by atoms with Gasteiger partial charge in [-0.2, -0.15) is 0 Å². The Morgan fingerprint density at radius 1 is 0.146 bits per heavy atom. The molecule has 0 radical (unpaired) electrons. The molecule has 0 aliphatic heterocycles. The van der Waals surface area contributed by atoms with Crippen LogP contribution in [0.2, 0.25) is 0 Å². The van der Waals surface area contributed by atoms with Crippen LogP contribution in [0.15, 0.2) is 0 Å². The number of aliphatic hydroxyl groups excluding tert-OH is 4. The summed E-state index contributed by atoms with van der Waals surface area (Å²) in [5, 5.41) is 46.4. The Labute approximate surface area is 606 Å². The van der Waals surface area contributed by atoms with Crippen molar-refractivity contribution in [1.82, 2.24) is 9.80 Å². The Bertz CT molecular complexity index is 1170. The Morgan fingerprint density at radius 3 is 0.344 bits per heavy atom. The lowest BCUT2D eigenvalue weighted by Gasteiger charge is -2.32. The molecular weight excluding hydrogens is 1170 g/mol. The van der Waals surface area contributed by atoms with E-state index in [1.807, 2.05) is 0 Å². The highest BCUT2D eigenvalue weighted by molar-refractivity contribution is 4.76. The van der Waals surface area contributed by atoms with E-state index in [1.165, 1.54) is 437 Å². The zero-order valence-electron chi connectivity index (χ0n) is 67.0. The van der Waals surface area contributed by atoms with Gasteiger partial charge in [-0.25, -0.2) is 0 Å². The molecule has 0 aliphatic carbocycles. The third kappa shape index (κ3) is 79.5. The molecule has 0 saturated carbocycles. The highest BCUT2D eigenvalue weighted by Crippen LogP contribution is 2.22. The zero-order valence-corrected chi connectivity index (χ0v) is 67.0. The van der Waals surface area contributed by atoms with Gasteiger partial charge in [0.2, 0.25) is 0 Å². The van der Waals surface area contributed by atoms with Crippen molar-refractivity contribution >= 4 is 0 Å². The van der Waals surface area contributed by atoms with E-state index in [-0.39, 0.29) is 0 Å². The number of aliphatic hydroxyl groups is 4. The third-order valence-electron chi connectivity index (χ3n) is 22.2. The Balaban J connectivity index is 5.25. The van der Waals surface area contributed by atoms with Crippen molar-refractivity contribution in [1.29, 1.82) is 0 Å². The standard InChI is InChI=1S/C90H184N2O4/c1-5-9-13-17-21-25-29-33-37-41-45-49-53-57-61-65-69-73-77-87(93)83-91(84-88(94)78-74-70-66-62-58-54-50-46-42-38-34-30-26-22-18-14-10-6-2)81-82-92(85-89(95)79-75-71-67-63-59-55-51-47-43-39-35-31-27-23-19-15-11-7-3)86-90(96)80-76-72-68-64-60-56-52-48-44-40-36-32-28-24-20-16-12-8-4/h87-90,93-96H,5-86H2,1-4H3. The molecule has 6 heteroatoms. The molecule has 0 heterocycles. The lowest BCUT2D eigenvalue weighted by atomic mass is 10.0. The fraction of sp³-hybridized carbons (Fsp3) is 1.00. The van der Waals surface area contributed by atoms with Crippen LogP contribution >= 0.6 is 0 Å². The topological polar surface area (TPSA) is 87.4 Å². The van der Waals surface area contributed by atoms with E-state index in [0.29, 0.717) is 26.2 Å². The molecule has 0 aromatic heterocycles. The highest BCUT2D eigenvalue weighted by Gasteiger charge is 2.21. The van der Waals surface area contributed by atoms with E-state index in [1.54, 1.807) is 0 Å². The molecule has 0 saturated heterocycles. The van der Waals surface area contributed by atoms with E-state index >= 15 is 0 Å². The average molecular weight is 1360 g/mol. The second-order valence-corrected chi connectivity index (χ2v) is 32.3. The summed E-state index contributed by atoms with van der Waals surface area (Å²) in [5.74, 6) is 0. The minimum Gasteiger partial charge on any atom is -0.392 e. The van der Waals surface area contributed by atoms with Crippen LogP contribution in [0.4, 0.5) is 0 Å².